The van der Waals surface area contributed by atoms with Gasteiger partial charge in [0.1, 0.15) is 6.61 Å². The van der Waals surface area contributed by atoms with E-state index in [0.29, 0.717) is 12.8 Å². The van der Waals surface area contributed by atoms with E-state index in [-0.39, 0.29) is 19.0 Å². The first-order valence-electron chi connectivity index (χ1n) is 24.5. The maximum absolute atomic E-state index is 12.5. The Bertz CT molecular complexity index is 999. The molecule has 0 saturated heterocycles. The molecule has 0 aromatic heterocycles. The van der Waals surface area contributed by atoms with Crippen LogP contribution in [-0.2, 0) is 32.7 Å². The zero-order chi connectivity index (χ0) is 42.5. The maximum atomic E-state index is 12.5. The van der Waals surface area contributed by atoms with Gasteiger partial charge in [0.2, 0.25) is 0 Å². The van der Waals surface area contributed by atoms with Crippen LogP contribution in [0.25, 0.3) is 0 Å². The van der Waals surface area contributed by atoms with E-state index in [1.165, 1.54) is 161 Å². The summed E-state index contributed by atoms with van der Waals surface area (Å²) in [6, 6.07) is 0. The predicted molar refractivity (Wildman–Crippen MR) is 244 cm³/mol. The molecular weight excluding hydrogens is 748 g/mol. The highest BCUT2D eigenvalue weighted by Gasteiger charge is 2.24. The summed E-state index contributed by atoms with van der Waals surface area (Å²) in [6.45, 7) is 3.89. The molecule has 0 aromatic rings. The van der Waals surface area contributed by atoms with Gasteiger partial charge in [-0.1, -0.05) is 218 Å². The second-order valence-electron chi connectivity index (χ2n) is 16.6. The van der Waals surface area contributed by atoms with Crippen LogP contribution in [0.2, 0.25) is 0 Å². The van der Waals surface area contributed by atoms with E-state index < -0.39 is 26.5 Å². The van der Waals surface area contributed by atoms with Crippen LogP contribution in [0.1, 0.15) is 251 Å². The van der Waals surface area contributed by atoms with Crippen LogP contribution < -0.4 is 0 Å². The van der Waals surface area contributed by atoms with Gasteiger partial charge in [0.15, 0.2) is 6.10 Å². The molecule has 0 aliphatic heterocycles. The van der Waals surface area contributed by atoms with Gasteiger partial charge in [-0.25, -0.2) is 4.57 Å². The molecule has 58 heavy (non-hydrogen) atoms. The first-order valence-corrected chi connectivity index (χ1v) is 26.0. The number of hydrogen-bond acceptors (Lipinski definition) is 7. The average Bonchev–Trinajstić information content (AvgIpc) is 3.21. The van der Waals surface area contributed by atoms with Crippen LogP contribution in [0.15, 0.2) is 24.3 Å². The van der Waals surface area contributed by atoms with Gasteiger partial charge in [0.25, 0.3) is 0 Å². The van der Waals surface area contributed by atoms with Crippen molar-refractivity contribution in [3.05, 3.63) is 24.3 Å². The highest BCUT2D eigenvalue weighted by atomic mass is 31.2. The molecule has 0 heterocycles. The molecule has 1 N–H and O–H groups in total. The van der Waals surface area contributed by atoms with Crippen LogP contribution in [0.4, 0.5) is 0 Å². The second-order valence-corrected chi connectivity index (χ2v) is 18.2. The standard InChI is InChI=1S/C49H93O8P/c1-4-6-8-10-12-14-16-18-20-21-22-23-24-25-26-27-28-30-31-33-35-37-39-41-43-48(50)55-45-47(46-56-58(52,53)54-3)57-49(51)44-42-40-38-36-34-32-29-19-17-15-13-11-9-7-5-2/h13,15,19,29,47H,4-12,14,16-18,20-28,30-46H2,1-3H3,(H,52,53)/b15-13-,29-19-. The van der Waals surface area contributed by atoms with E-state index in [4.69, 9.17) is 14.0 Å². The number of carbonyl (C=O) groups excluding carboxylic acids is 2. The highest BCUT2D eigenvalue weighted by Crippen LogP contribution is 2.42. The quantitative estimate of drug-likeness (QED) is 0.0279. The monoisotopic (exact) mass is 841 g/mol. The molecule has 0 saturated carbocycles. The van der Waals surface area contributed by atoms with Gasteiger partial charge in [-0.05, 0) is 44.9 Å². The van der Waals surface area contributed by atoms with Crippen molar-refractivity contribution >= 4 is 19.8 Å². The number of hydrogen-bond donors (Lipinski definition) is 1. The normalized spacial score (nSPS) is 13.4. The first-order chi connectivity index (χ1) is 28.3. The van der Waals surface area contributed by atoms with Gasteiger partial charge in [-0.15, -0.1) is 0 Å². The maximum Gasteiger partial charge on any atom is 0.472 e. The van der Waals surface area contributed by atoms with E-state index in [9.17, 15) is 19.0 Å². The van der Waals surface area contributed by atoms with Crippen molar-refractivity contribution in [3.8, 4) is 0 Å². The van der Waals surface area contributed by atoms with Gasteiger partial charge in [-0.3, -0.25) is 18.6 Å². The molecule has 0 radical (unpaired) electrons. The third kappa shape index (κ3) is 44.1. The van der Waals surface area contributed by atoms with Crippen molar-refractivity contribution in [2.24, 2.45) is 0 Å². The summed E-state index contributed by atoms with van der Waals surface area (Å²) < 4.78 is 32.1. The Morgan fingerprint density at radius 3 is 1.24 bits per heavy atom. The Morgan fingerprint density at radius 1 is 0.483 bits per heavy atom. The van der Waals surface area contributed by atoms with Crippen molar-refractivity contribution in [3.63, 3.8) is 0 Å². The molecule has 342 valence electrons. The van der Waals surface area contributed by atoms with Crippen LogP contribution >= 0.6 is 7.82 Å². The molecule has 0 aromatic carbocycles. The number of allylic oxidation sites excluding steroid dienone is 4. The zero-order valence-corrected chi connectivity index (χ0v) is 39.1. The summed E-state index contributed by atoms with van der Waals surface area (Å²) in [5, 5.41) is 0. The van der Waals surface area contributed by atoms with Crippen molar-refractivity contribution in [2.75, 3.05) is 20.3 Å². The lowest BCUT2D eigenvalue weighted by molar-refractivity contribution is -0.161. The fourth-order valence-electron chi connectivity index (χ4n) is 7.16. The topological polar surface area (TPSA) is 108 Å². The van der Waals surface area contributed by atoms with Crippen molar-refractivity contribution in [1.82, 2.24) is 0 Å². The van der Waals surface area contributed by atoms with Gasteiger partial charge >= 0.3 is 19.8 Å². The fraction of sp³-hybridized carbons (Fsp3) is 0.878. The second kappa shape index (κ2) is 45.1. The summed E-state index contributed by atoms with van der Waals surface area (Å²) >= 11 is 0. The summed E-state index contributed by atoms with van der Waals surface area (Å²) in [5.41, 5.74) is 0. The Kier molecular flexibility index (Phi) is 43.9. The lowest BCUT2D eigenvalue weighted by atomic mass is 10.0. The van der Waals surface area contributed by atoms with E-state index >= 15 is 0 Å². The molecule has 0 aliphatic rings. The first kappa shape index (κ1) is 56.5. The van der Waals surface area contributed by atoms with Crippen LogP contribution in [0, 0.1) is 0 Å². The molecule has 2 atom stereocenters. The minimum absolute atomic E-state index is 0.226. The average molecular weight is 841 g/mol. The largest absolute Gasteiger partial charge is 0.472 e. The summed E-state index contributed by atoms with van der Waals surface area (Å²) in [5.74, 6) is -0.807. The molecule has 2 unspecified atom stereocenters. The third-order valence-corrected chi connectivity index (χ3v) is 11.9. The Hall–Kier alpha value is -1.47. The van der Waals surface area contributed by atoms with Crippen LogP contribution in [0.5, 0.6) is 0 Å². The van der Waals surface area contributed by atoms with Crippen LogP contribution in [0.3, 0.4) is 0 Å². The lowest BCUT2D eigenvalue weighted by Gasteiger charge is -2.19. The number of unbranched alkanes of at least 4 members (excludes halogenated alkanes) is 31. The van der Waals surface area contributed by atoms with E-state index in [1.807, 2.05) is 0 Å². The van der Waals surface area contributed by atoms with Gasteiger partial charge in [-0.2, -0.15) is 0 Å². The Morgan fingerprint density at radius 2 is 0.828 bits per heavy atom. The SMILES string of the molecule is CCCCC/C=C\C/C=C\CCCCCCCC(=O)OC(COC(=O)CCCCCCCCCCCCCCCCCCCCCCCCCC)COP(=O)(O)OC. The molecule has 0 spiro atoms. The molecular formula is C49H93O8P. The molecule has 8 nitrogen and oxygen atoms in total. The molecule has 0 amide bonds. The smallest absolute Gasteiger partial charge is 0.462 e. The summed E-state index contributed by atoms with van der Waals surface area (Å²) in [7, 11) is -3.20. The van der Waals surface area contributed by atoms with E-state index in [2.05, 4.69) is 42.7 Å². The number of ether oxygens (including phenoxy) is 2. The Labute approximate surface area is 358 Å². The number of rotatable bonds is 46. The molecule has 0 aliphatic carbocycles. The van der Waals surface area contributed by atoms with Crippen molar-refractivity contribution in [2.45, 2.75) is 258 Å². The van der Waals surface area contributed by atoms with Gasteiger partial charge in [0.05, 0.1) is 6.61 Å². The number of esters is 2. The third-order valence-electron chi connectivity index (χ3n) is 10.9. The minimum Gasteiger partial charge on any atom is -0.462 e. The fourth-order valence-corrected chi connectivity index (χ4v) is 7.62. The lowest BCUT2D eigenvalue weighted by Crippen LogP contribution is -2.29. The molecule has 9 heteroatoms. The number of carbonyl (C=O) groups is 2. The minimum atomic E-state index is -4.27. The van der Waals surface area contributed by atoms with Crippen molar-refractivity contribution in [1.29, 1.82) is 0 Å². The predicted octanol–water partition coefficient (Wildman–Crippen LogP) is 15.8. The number of phosphoric ester groups is 1. The van der Waals surface area contributed by atoms with E-state index in [0.717, 1.165) is 64.9 Å². The molecule has 0 rings (SSSR count). The Balaban J connectivity index is 3.85. The molecule has 0 bridgehead atoms. The van der Waals surface area contributed by atoms with Crippen molar-refractivity contribution < 1.29 is 37.6 Å². The number of phosphoric acid groups is 1. The van der Waals surface area contributed by atoms with E-state index in [1.54, 1.807) is 0 Å². The summed E-state index contributed by atoms with van der Waals surface area (Å²) in [6.07, 6.45) is 52.5. The molecule has 0 fully saturated rings. The van der Waals surface area contributed by atoms with Gasteiger partial charge in [0, 0.05) is 20.0 Å². The summed E-state index contributed by atoms with van der Waals surface area (Å²) in [4.78, 5) is 34.6. The zero-order valence-electron chi connectivity index (χ0n) is 38.2. The van der Waals surface area contributed by atoms with Gasteiger partial charge < -0.3 is 14.4 Å². The van der Waals surface area contributed by atoms with Crippen LogP contribution in [-0.4, -0.2) is 43.3 Å². The highest BCUT2D eigenvalue weighted by molar-refractivity contribution is 7.47.